The Hall–Kier alpha value is -2.17. The van der Waals surface area contributed by atoms with Crippen LogP contribution in [0.5, 0.6) is 5.75 Å². The molecule has 1 aromatic heterocycles. The van der Waals surface area contributed by atoms with Gasteiger partial charge in [0.15, 0.2) is 0 Å². The quantitative estimate of drug-likeness (QED) is 0.621. The summed E-state index contributed by atoms with van der Waals surface area (Å²) in [5.41, 5.74) is 0.334. The third kappa shape index (κ3) is 1.59. The first-order valence-corrected chi connectivity index (χ1v) is 5.27. The van der Waals surface area contributed by atoms with Crippen molar-refractivity contribution in [1.82, 2.24) is 4.98 Å². The lowest BCUT2D eigenvalue weighted by molar-refractivity contribution is -0.137. The number of rotatable bonds is 0. The summed E-state index contributed by atoms with van der Waals surface area (Å²) in [4.78, 5) is 2.87. The van der Waals surface area contributed by atoms with Gasteiger partial charge in [0.2, 0.25) is 0 Å². The van der Waals surface area contributed by atoms with E-state index in [-0.39, 0.29) is 5.75 Å². The lowest BCUT2D eigenvalue weighted by atomic mass is 10.1. The number of H-pyrrole nitrogens is 1. The average Bonchev–Trinajstić information content (AvgIpc) is 2.63. The van der Waals surface area contributed by atoms with Crippen LogP contribution in [0.15, 0.2) is 36.4 Å². The van der Waals surface area contributed by atoms with E-state index in [1.807, 2.05) is 0 Å². The highest BCUT2D eigenvalue weighted by molar-refractivity contribution is 6.07. The van der Waals surface area contributed by atoms with Crippen molar-refractivity contribution >= 4 is 21.8 Å². The number of fused-ring (bicyclic) bond motifs is 3. The monoisotopic (exact) mass is 251 g/mol. The van der Waals surface area contributed by atoms with Crippen LogP contribution >= 0.6 is 0 Å². The van der Waals surface area contributed by atoms with Gasteiger partial charge in [-0.05, 0) is 24.3 Å². The highest BCUT2D eigenvalue weighted by atomic mass is 19.4. The Morgan fingerprint density at radius 2 is 1.50 bits per heavy atom. The fourth-order valence-corrected chi connectivity index (χ4v) is 2.07. The summed E-state index contributed by atoms with van der Waals surface area (Å²) in [7, 11) is 0. The molecule has 0 spiro atoms. The van der Waals surface area contributed by atoms with Crippen LogP contribution in [-0.4, -0.2) is 10.1 Å². The number of halogens is 3. The standard InChI is InChI=1S/C13H8F3NO/c14-13(15,16)7-1-3-9-10-4-2-8(18)6-12(10)17-11(9)5-7/h1-6,17-18H. The fraction of sp³-hybridized carbons (Fsp3) is 0.0769. The number of hydrogen-bond donors (Lipinski definition) is 2. The van der Waals surface area contributed by atoms with Crippen LogP contribution in [0.4, 0.5) is 13.2 Å². The predicted molar refractivity (Wildman–Crippen MR) is 62.5 cm³/mol. The van der Waals surface area contributed by atoms with Gasteiger partial charge in [0.05, 0.1) is 11.1 Å². The molecule has 0 saturated carbocycles. The van der Waals surface area contributed by atoms with Gasteiger partial charge in [0.25, 0.3) is 0 Å². The van der Waals surface area contributed by atoms with E-state index < -0.39 is 11.7 Å². The highest BCUT2D eigenvalue weighted by Gasteiger charge is 2.30. The molecule has 1 heterocycles. The summed E-state index contributed by atoms with van der Waals surface area (Å²) in [5.74, 6) is 0.0742. The Morgan fingerprint density at radius 3 is 2.17 bits per heavy atom. The molecule has 0 bridgehead atoms. The van der Waals surface area contributed by atoms with E-state index in [0.717, 1.165) is 17.5 Å². The van der Waals surface area contributed by atoms with Crippen molar-refractivity contribution in [3.8, 4) is 5.75 Å². The number of nitrogens with one attached hydrogen (secondary N) is 1. The minimum atomic E-state index is -4.35. The number of phenols is 1. The maximum Gasteiger partial charge on any atom is 0.416 e. The largest absolute Gasteiger partial charge is 0.508 e. The molecule has 0 aliphatic carbocycles. The van der Waals surface area contributed by atoms with Gasteiger partial charge < -0.3 is 10.1 Å². The van der Waals surface area contributed by atoms with Crippen LogP contribution in [0, 0.1) is 0 Å². The topological polar surface area (TPSA) is 36.0 Å². The minimum Gasteiger partial charge on any atom is -0.508 e. The molecule has 2 aromatic carbocycles. The third-order valence-corrected chi connectivity index (χ3v) is 2.91. The molecule has 3 rings (SSSR count). The van der Waals surface area contributed by atoms with E-state index in [1.165, 1.54) is 18.2 Å². The van der Waals surface area contributed by atoms with Gasteiger partial charge in [-0.25, -0.2) is 0 Å². The second-order valence-electron chi connectivity index (χ2n) is 4.11. The summed E-state index contributed by atoms with van der Waals surface area (Å²) in [6, 6.07) is 8.25. The third-order valence-electron chi connectivity index (χ3n) is 2.91. The molecule has 2 N–H and O–H groups in total. The number of hydrogen-bond acceptors (Lipinski definition) is 1. The van der Waals surface area contributed by atoms with Crippen molar-refractivity contribution in [3.05, 3.63) is 42.0 Å². The molecule has 0 radical (unpaired) electrons. The maximum absolute atomic E-state index is 12.6. The van der Waals surface area contributed by atoms with Gasteiger partial charge in [-0.2, -0.15) is 13.2 Å². The summed E-state index contributed by atoms with van der Waals surface area (Å²) < 4.78 is 37.7. The van der Waals surface area contributed by atoms with Crippen LogP contribution in [-0.2, 0) is 6.18 Å². The summed E-state index contributed by atoms with van der Waals surface area (Å²) in [6.45, 7) is 0. The molecule has 2 nitrogen and oxygen atoms in total. The van der Waals surface area contributed by atoms with Crippen molar-refractivity contribution in [2.45, 2.75) is 6.18 Å². The van der Waals surface area contributed by atoms with Crippen molar-refractivity contribution in [3.63, 3.8) is 0 Å². The molecule has 0 unspecified atom stereocenters. The number of alkyl halides is 3. The van der Waals surface area contributed by atoms with Gasteiger partial charge in [0.1, 0.15) is 5.75 Å². The number of aromatic amines is 1. The van der Waals surface area contributed by atoms with E-state index >= 15 is 0 Å². The number of phenolic OH excluding ortho intramolecular Hbond substituents is 1. The van der Waals surface area contributed by atoms with Crippen molar-refractivity contribution < 1.29 is 18.3 Å². The maximum atomic E-state index is 12.6. The van der Waals surface area contributed by atoms with Crippen molar-refractivity contribution in [2.24, 2.45) is 0 Å². The average molecular weight is 251 g/mol. The van der Waals surface area contributed by atoms with Crippen LogP contribution in [0.25, 0.3) is 21.8 Å². The van der Waals surface area contributed by atoms with Gasteiger partial charge in [-0.15, -0.1) is 0 Å². The SMILES string of the molecule is Oc1ccc2c(c1)[nH]c1cc(C(F)(F)F)ccc12. The Labute approximate surface area is 99.7 Å². The first-order chi connectivity index (χ1) is 8.45. The Morgan fingerprint density at radius 1 is 0.889 bits per heavy atom. The van der Waals surface area contributed by atoms with Gasteiger partial charge in [-0.3, -0.25) is 0 Å². The van der Waals surface area contributed by atoms with Gasteiger partial charge in [0, 0.05) is 22.4 Å². The molecule has 0 aliphatic rings. The molecule has 0 fully saturated rings. The van der Waals surface area contributed by atoms with E-state index in [0.29, 0.717) is 16.4 Å². The molecule has 0 aliphatic heterocycles. The van der Waals surface area contributed by atoms with E-state index in [9.17, 15) is 18.3 Å². The number of aromatic nitrogens is 1. The predicted octanol–water partition coefficient (Wildman–Crippen LogP) is 4.05. The van der Waals surface area contributed by atoms with Crippen LogP contribution in [0.3, 0.4) is 0 Å². The summed E-state index contributed by atoms with van der Waals surface area (Å²) in [6.07, 6.45) is -4.35. The number of aromatic hydroxyl groups is 1. The van der Waals surface area contributed by atoms with Crippen molar-refractivity contribution in [1.29, 1.82) is 0 Å². The van der Waals surface area contributed by atoms with Gasteiger partial charge in [-0.1, -0.05) is 6.07 Å². The molecule has 0 saturated heterocycles. The normalized spacial score (nSPS) is 12.4. The minimum absolute atomic E-state index is 0.0742. The molecule has 0 atom stereocenters. The molecule has 0 amide bonds. The zero-order chi connectivity index (χ0) is 12.9. The first kappa shape index (κ1) is 11.0. The van der Waals surface area contributed by atoms with Crippen molar-refractivity contribution in [2.75, 3.05) is 0 Å². The lowest BCUT2D eigenvalue weighted by Crippen LogP contribution is -2.03. The van der Waals surface area contributed by atoms with Crippen LogP contribution in [0.2, 0.25) is 0 Å². The van der Waals surface area contributed by atoms with Crippen LogP contribution in [0.1, 0.15) is 5.56 Å². The van der Waals surface area contributed by atoms with Gasteiger partial charge >= 0.3 is 6.18 Å². The Bertz CT molecular complexity index is 743. The molecule has 18 heavy (non-hydrogen) atoms. The molecule has 92 valence electrons. The molecular weight excluding hydrogens is 243 g/mol. The first-order valence-electron chi connectivity index (χ1n) is 5.27. The fourth-order valence-electron chi connectivity index (χ4n) is 2.07. The van der Waals surface area contributed by atoms with Crippen LogP contribution < -0.4 is 0 Å². The molecule has 3 aromatic rings. The second kappa shape index (κ2) is 3.41. The van der Waals surface area contributed by atoms with E-state index in [2.05, 4.69) is 4.98 Å². The molecular formula is C13H8F3NO. The smallest absolute Gasteiger partial charge is 0.416 e. The molecule has 5 heteroatoms. The zero-order valence-corrected chi connectivity index (χ0v) is 9.05. The van der Waals surface area contributed by atoms with E-state index in [1.54, 1.807) is 6.07 Å². The lowest BCUT2D eigenvalue weighted by Gasteiger charge is -2.05. The summed E-state index contributed by atoms with van der Waals surface area (Å²) in [5, 5.41) is 10.8. The Kier molecular flexibility index (Phi) is 2.08. The number of benzene rings is 2. The highest BCUT2D eigenvalue weighted by Crippen LogP contribution is 2.34. The summed E-state index contributed by atoms with van der Waals surface area (Å²) >= 11 is 0. The van der Waals surface area contributed by atoms with E-state index in [4.69, 9.17) is 0 Å². The second-order valence-corrected chi connectivity index (χ2v) is 4.11. The Balaban J connectivity index is 2.33. The zero-order valence-electron chi connectivity index (χ0n) is 9.05.